The zero-order valence-corrected chi connectivity index (χ0v) is 23.7. The number of rotatable bonds is 8. The van der Waals surface area contributed by atoms with E-state index in [1.807, 2.05) is 50.2 Å². The zero-order valence-electron chi connectivity index (χ0n) is 23.7. The lowest BCUT2D eigenvalue weighted by atomic mass is 9.87. The lowest BCUT2D eigenvalue weighted by molar-refractivity contribution is -0.122. The fourth-order valence-electron chi connectivity index (χ4n) is 6.03. The molecule has 6 rings (SSSR count). The number of aromatic nitrogens is 1. The fraction of sp³-hybridized carbons (Fsp3) is 0.294. The number of fused-ring (bicyclic) bond motifs is 1. The van der Waals surface area contributed by atoms with Gasteiger partial charge in [-0.3, -0.25) is 9.59 Å². The third-order valence-electron chi connectivity index (χ3n) is 8.38. The summed E-state index contributed by atoms with van der Waals surface area (Å²) in [7, 11) is 0. The van der Waals surface area contributed by atoms with E-state index >= 15 is 0 Å². The van der Waals surface area contributed by atoms with Crippen LogP contribution in [0.3, 0.4) is 0 Å². The fourth-order valence-corrected chi connectivity index (χ4v) is 6.03. The van der Waals surface area contributed by atoms with Crippen molar-refractivity contribution in [2.75, 3.05) is 6.54 Å². The Hall–Kier alpha value is -4.72. The molecule has 214 valence electrons. The number of nitrogens with one attached hydrogen (secondary N) is 1. The highest BCUT2D eigenvalue weighted by Crippen LogP contribution is 2.47. The van der Waals surface area contributed by atoms with Gasteiger partial charge in [-0.25, -0.2) is 4.79 Å². The van der Waals surface area contributed by atoms with E-state index in [0.29, 0.717) is 37.4 Å². The highest BCUT2D eigenvalue weighted by atomic mass is 16.5. The molecule has 1 aliphatic heterocycles. The Morgan fingerprint density at radius 2 is 1.86 bits per heavy atom. The summed E-state index contributed by atoms with van der Waals surface area (Å²) in [6.07, 6.45) is 2.92. The number of carboxylic acid groups (broad SMARTS) is 1. The van der Waals surface area contributed by atoms with E-state index in [9.17, 15) is 19.5 Å². The first-order valence-electron chi connectivity index (χ1n) is 14.4. The minimum atomic E-state index is -0.981. The van der Waals surface area contributed by atoms with Crippen LogP contribution in [0.1, 0.15) is 80.8 Å². The van der Waals surface area contributed by atoms with E-state index in [-0.39, 0.29) is 35.1 Å². The van der Waals surface area contributed by atoms with Crippen LogP contribution in [0.5, 0.6) is 0 Å². The lowest BCUT2D eigenvalue weighted by Gasteiger charge is -2.32. The second-order valence-corrected chi connectivity index (χ2v) is 11.4. The van der Waals surface area contributed by atoms with E-state index in [1.165, 1.54) is 11.8 Å². The maximum absolute atomic E-state index is 13.6. The third kappa shape index (κ3) is 5.32. The van der Waals surface area contributed by atoms with Crippen LogP contribution < -0.4 is 5.32 Å². The SMILES string of the molecule is CC(C)c1oncc1C(=O)N1CCc2c(-c3cccc(C(=O)O)c3)ccc(CNC(=O)[C@H]3C[C@H]3c3ccccc3)c2C1. The van der Waals surface area contributed by atoms with E-state index < -0.39 is 5.97 Å². The molecule has 2 N–H and O–H groups in total. The lowest BCUT2D eigenvalue weighted by Crippen LogP contribution is -2.37. The van der Waals surface area contributed by atoms with E-state index in [4.69, 9.17) is 4.52 Å². The minimum absolute atomic E-state index is 0.0181. The van der Waals surface area contributed by atoms with Gasteiger partial charge in [-0.15, -0.1) is 0 Å². The highest BCUT2D eigenvalue weighted by molar-refractivity contribution is 5.95. The smallest absolute Gasteiger partial charge is 0.335 e. The molecule has 1 aromatic heterocycles. The number of carbonyl (C=O) groups is 3. The molecule has 0 unspecified atom stereocenters. The summed E-state index contributed by atoms with van der Waals surface area (Å²) in [4.78, 5) is 40.2. The van der Waals surface area contributed by atoms with E-state index in [2.05, 4.69) is 22.6 Å². The molecule has 8 heteroatoms. The largest absolute Gasteiger partial charge is 0.478 e. The Bertz CT molecular complexity index is 1660. The normalized spacial score (nSPS) is 17.5. The average Bonchev–Trinajstić information content (AvgIpc) is 3.66. The topological polar surface area (TPSA) is 113 Å². The third-order valence-corrected chi connectivity index (χ3v) is 8.38. The summed E-state index contributed by atoms with van der Waals surface area (Å²) in [6, 6.07) is 21.0. The van der Waals surface area contributed by atoms with Gasteiger partial charge in [0, 0.05) is 31.5 Å². The van der Waals surface area contributed by atoms with Gasteiger partial charge in [-0.2, -0.15) is 0 Å². The molecule has 1 saturated carbocycles. The Morgan fingerprint density at radius 1 is 1.05 bits per heavy atom. The second-order valence-electron chi connectivity index (χ2n) is 11.4. The van der Waals surface area contributed by atoms with Gasteiger partial charge in [0.05, 0.1) is 11.8 Å². The number of hydrogen-bond donors (Lipinski definition) is 2. The molecule has 2 atom stereocenters. The van der Waals surface area contributed by atoms with Gasteiger partial charge < -0.3 is 19.8 Å². The molecule has 0 radical (unpaired) electrons. The predicted octanol–water partition coefficient (Wildman–Crippen LogP) is 5.78. The van der Waals surface area contributed by atoms with Crippen molar-refractivity contribution in [3.05, 3.63) is 112 Å². The van der Waals surface area contributed by atoms with Crippen LogP contribution in [-0.2, 0) is 24.3 Å². The number of hydrogen-bond acceptors (Lipinski definition) is 5. The molecule has 3 aromatic carbocycles. The summed E-state index contributed by atoms with van der Waals surface area (Å²) in [6.45, 7) is 5.13. The van der Waals surface area contributed by atoms with Crippen molar-refractivity contribution < 1.29 is 24.0 Å². The summed E-state index contributed by atoms with van der Waals surface area (Å²) in [5.41, 5.74) is 6.61. The molecule has 1 aliphatic carbocycles. The van der Waals surface area contributed by atoms with Crippen molar-refractivity contribution in [3.8, 4) is 11.1 Å². The van der Waals surface area contributed by atoms with Crippen LogP contribution in [-0.4, -0.2) is 39.5 Å². The van der Waals surface area contributed by atoms with Crippen LogP contribution in [0.25, 0.3) is 11.1 Å². The predicted molar refractivity (Wildman–Crippen MR) is 157 cm³/mol. The van der Waals surface area contributed by atoms with Crippen molar-refractivity contribution >= 4 is 17.8 Å². The Labute approximate surface area is 244 Å². The first-order valence-corrected chi connectivity index (χ1v) is 14.4. The second kappa shape index (κ2) is 11.3. The van der Waals surface area contributed by atoms with Gasteiger partial charge in [0.1, 0.15) is 5.56 Å². The molecule has 0 spiro atoms. The molecule has 2 amide bonds. The molecule has 42 heavy (non-hydrogen) atoms. The molecular weight excluding hydrogens is 530 g/mol. The van der Waals surface area contributed by atoms with Crippen LogP contribution in [0.15, 0.2) is 77.4 Å². The van der Waals surface area contributed by atoms with Gasteiger partial charge in [0.2, 0.25) is 5.91 Å². The number of benzene rings is 3. The number of amides is 2. The highest BCUT2D eigenvalue weighted by Gasteiger charge is 2.43. The van der Waals surface area contributed by atoms with Crippen molar-refractivity contribution in [1.29, 1.82) is 0 Å². The molecule has 0 saturated heterocycles. The number of aromatic carboxylic acids is 1. The van der Waals surface area contributed by atoms with Crippen molar-refractivity contribution in [1.82, 2.24) is 15.4 Å². The number of carbonyl (C=O) groups excluding carboxylic acids is 2. The van der Waals surface area contributed by atoms with Gasteiger partial charge in [0.15, 0.2) is 5.76 Å². The van der Waals surface area contributed by atoms with E-state index in [1.54, 1.807) is 23.1 Å². The Balaban J connectivity index is 1.29. The summed E-state index contributed by atoms with van der Waals surface area (Å²) in [5.74, 6) is -0.295. The Kier molecular flexibility index (Phi) is 7.37. The molecule has 2 heterocycles. The van der Waals surface area contributed by atoms with Crippen LogP contribution >= 0.6 is 0 Å². The van der Waals surface area contributed by atoms with Gasteiger partial charge in [-0.05, 0) is 64.3 Å². The van der Waals surface area contributed by atoms with Gasteiger partial charge in [0.25, 0.3) is 5.91 Å². The maximum atomic E-state index is 13.6. The molecule has 2 aliphatic rings. The standard InChI is InChI=1S/C34H33N3O5/c1-20(2)31-29(18-36-42-31)33(39)37-14-13-26-25(22-9-6-10-23(15-22)34(40)41)12-11-24(30(26)19-37)17-35-32(38)28-16-27(28)21-7-4-3-5-8-21/h3-12,15,18,20,27-28H,13-14,16-17,19H2,1-2H3,(H,35,38)(H,40,41)/t27-,28-/m0/s1. The monoisotopic (exact) mass is 563 g/mol. The molecule has 4 aromatic rings. The summed E-state index contributed by atoms with van der Waals surface area (Å²) >= 11 is 0. The quantitative estimate of drug-likeness (QED) is 0.281. The van der Waals surface area contributed by atoms with Crippen molar-refractivity contribution in [3.63, 3.8) is 0 Å². The van der Waals surface area contributed by atoms with Crippen molar-refractivity contribution in [2.45, 2.75) is 51.6 Å². The summed E-state index contributed by atoms with van der Waals surface area (Å²) < 4.78 is 5.38. The van der Waals surface area contributed by atoms with Gasteiger partial charge in [-0.1, -0.05) is 73.6 Å². The molecule has 8 nitrogen and oxygen atoms in total. The number of nitrogens with zero attached hydrogens (tertiary/aromatic N) is 2. The van der Waals surface area contributed by atoms with Crippen molar-refractivity contribution in [2.24, 2.45) is 5.92 Å². The van der Waals surface area contributed by atoms with Crippen LogP contribution in [0.4, 0.5) is 0 Å². The molecular formula is C34H33N3O5. The summed E-state index contributed by atoms with van der Waals surface area (Å²) in [5, 5.41) is 16.6. The number of carboxylic acids is 1. The molecule has 1 fully saturated rings. The average molecular weight is 564 g/mol. The van der Waals surface area contributed by atoms with Crippen LogP contribution in [0.2, 0.25) is 0 Å². The zero-order chi connectivity index (χ0) is 29.4. The first kappa shape index (κ1) is 27.4. The first-order chi connectivity index (χ1) is 20.3. The molecule has 0 bridgehead atoms. The van der Waals surface area contributed by atoms with Crippen LogP contribution in [0, 0.1) is 5.92 Å². The Morgan fingerprint density at radius 3 is 2.62 bits per heavy atom. The maximum Gasteiger partial charge on any atom is 0.335 e. The van der Waals surface area contributed by atoms with E-state index in [0.717, 1.165) is 34.2 Å². The minimum Gasteiger partial charge on any atom is -0.478 e. The van der Waals surface area contributed by atoms with Gasteiger partial charge >= 0.3 is 5.97 Å².